The van der Waals surface area contributed by atoms with E-state index in [1.807, 2.05) is 13.8 Å². The normalized spacial score (nSPS) is 11.6. The summed E-state index contributed by atoms with van der Waals surface area (Å²) in [4.78, 5) is 15.0. The number of aromatic carboxylic acids is 1. The van der Waals surface area contributed by atoms with Crippen LogP contribution in [0.4, 0.5) is 0 Å². The molecule has 2 aromatic rings. The van der Waals surface area contributed by atoms with E-state index in [0.29, 0.717) is 18.3 Å². The Morgan fingerprint density at radius 2 is 2.00 bits per heavy atom. The molecule has 1 aromatic heterocycles. The third kappa shape index (κ3) is 3.21. The number of carboxylic acids is 1. The molecule has 20 heavy (non-hydrogen) atoms. The second kappa shape index (κ2) is 5.42. The zero-order chi connectivity index (χ0) is 14.8. The van der Waals surface area contributed by atoms with Crippen LogP contribution in [-0.2, 0) is 12.1 Å². The highest BCUT2D eigenvalue weighted by atomic mass is 16.5. The molecule has 1 heterocycles. The molecule has 0 fully saturated rings. The highest BCUT2D eigenvalue weighted by molar-refractivity contribution is 5.87. The van der Waals surface area contributed by atoms with Crippen LogP contribution in [0.25, 0.3) is 0 Å². The van der Waals surface area contributed by atoms with Gasteiger partial charge in [-0.05, 0) is 31.5 Å². The topological polar surface area (TPSA) is 88.2 Å². The van der Waals surface area contributed by atoms with Gasteiger partial charge in [0.1, 0.15) is 0 Å². The SMILES string of the molecule is Cc1nc(C(C)(C)NCc2ccc(C(=O)O)cc2)no1. The number of nitrogens with one attached hydrogen (secondary N) is 1. The van der Waals surface area contributed by atoms with E-state index in [4.69, 9.17) is 9.63 Å². The van der Waals surface area contributed by atoms with E-state index in [-0.39, 0.29) is 5.56 Å². The molecule has 106 valence electrons. The van der Waals surface area contributed by atoms with Crippen molar-refractivity contribution in [1.29, 1.82) is 0 Å². The average Bonchev–Trinajstić information content (AvgIpc) is 2.84. The molecule has 1 aromatic carbocycles. The van der Waals surface area contributed by atoms with Crippen LogP contribution in [0.3, 0.4) is 0 Å². The predicted octanol–water partition coefficient (Wildman–Crippen LogP) is 2.10. The minimum absolute atomic E-state index is 0.279. The maximum Gasteiger partial charge on any atom is 0.335 e. The fraction of sp³-hybridized carbons (Fsp3) is 0.357. The first kappa shape index (κ1) is 14.2. The first-order valence-corrected chi connectivity index (χ1v) is 6.26. The molecule has 0 unspecified atom stereocenters. The van der Waals surface area contributed by atoms with Crippen molar-refractivity contribution < 1.29 is 14.4 Å². The third-order valence-electron chi connectivity index (χ3n) is 3.02. The molecule has 0 aliphatic rings. The summed E-state index contributed by atoms with van der Waals surface area (Å²) < 4.78 is 4.98. The van der Waals surface area contributed by atoms with Crippen molar-refractivity contribution in [3.8, 4) is 0 Å². The Morgan fingerprint density at radius 1 is 1.35 bits per heavy atom. The van der Waals surface area contributed by atoms with Gasteiger partial charge < -0.3 is 14.9 Å². The molecule has 0 atom stereocenters. The van der Waals surface area contributed by atoms with Crippen LogP contribution < -0.4 is 5.32 Å². The van der Waals surface area contributed by atoms with E-state index in [2.05, 4.69) is 15.5 Å². The number of hydrogen-bond acceptors (Lipinski definition) is 5. The van der Waals surface area contributed by atoms with Gasteiger partial charge in [-0.1, -0.05) is 17.3 Å². The van der Waals surface area contributed by atoms with Crippen LogP contribution in [-0.4, -0.2) is 21.2 Å². The fourth-order valence-electron chi connectivity index (χ4n) is 1.72. The van der Waals surface area contributed by atoms with E-state index in [9.17, 15) is 4.79 Å². The van der Waals surface area contributed by atoms with E-state index in [1.54, 1.807) is 31.2 Å². The Morgan fingerprint density at radius 3 is 2.50 bits per heavy atom. The van der Waals surface area contributed by atoms with Gasteiger partial charge in [0.05, 0.1) is 11.1 Å². The van der Waals surface area contributed by atoms with Crippen molar-refractivity contribution >= 4 is 5.97 Å². The number of hydrogen-bond donors (Lipinski definition) is 2. The summed E-state index contributed by atoms with van der Waals surface area (Å²) >= 11 is 0. The van der Waals surface area contributed by atoms with Crippen LogP contribution in [0, 0.1) is 6.92 Å². The van der Waals surface area contributed by atoms with Crippen LogP contribution >= 0.6 is 0 Å². The van der Waals surface area contributed by atoms with Crippen LogP contribution in [0.5, 0.6) is 0 Å². The van der Waals surface area contributed by atoms with Gasteiger partial charge in [0.15, 0.2) is 5.82 Å². The van der Waals surface area contributed by atoms with Crippen LogP contribution in [0.15, 0.2) is 28.8 Å². The quantitative estimate of drug-likeness (QED) is 0.868. The van der Waals surface area contributed by atoms with Gasteiger partial charge in [0.2, 0.25) is 5.89 Å². The first-order valence-electron chi connectivity index (χ1n) is 6.26. The molecule has 2 N–H and O–H groups in total. The molecular weight excluding hydrogens is 258 g/mol. The summed E-state index contributed by atoms with van der Waals surface area (Å²) in [6.07, 6.45) is 0. The number of carbonyl (C=O) groups is 1. The van der Waals surface area contributed by atoms with Crippen LogP contribution in [0.2, 0.25) is 0 Å². The molecule has 0 aliphatic carbocycles. The standard InChI is InChI=1S/C14H17N3O3/c1-9-16-13(17-20-9)14(2,3)15-8-10-4-6-11(7-5-10)12(18)19/h4-7,15H,8H2,1-3H3,(H,18,19). The van der Waals surface area contributed by atoms with Gasteiger partial charge in [-0.2, -0.15) is 4.98 Å². The Kier molecular flexibility index (Phi) is 3.85. The Labute approximate surface area is 116 Å². The smallest absolute Gasteiger partial charge is 0.335 e. The van der Waals surface area contributed by atoms with Crippen LogP contribution in [0.1, 0.15) is 41.5 Å². The van der Waals surface area contributed by atoms with Crippen molar-refractivity contribution in [3.05, 3.63) is 47.1 Å². The number of aryl methyl sites for hydroxylation is 1. The molecule has 0 radical (unpaired) electrons. The molecule has 0 saturated carbocycles. The Balaban J connectivity index is 2.02. The largest absolute Gasteiger partial charge is 0.478 e. The second-order valence-electron chi connectivity index (χ2n) is 5.12. The zero-order valence-corrected chi connectivity index (χ0v) is 11.7. The third-order valence-corrected chi connectivity index (χ3v) is 3.02. The maximum absolute atomic E-state index is 10.8. The molecule has 0 bridgehead atoms. The summed E-state index contributed by atoms with van der Waals surface area (Å²) in [5.74, 6) is 0.199. The van der Waals surface area contributed by atoms with E-state index in [1.165, 1.54) is 0 Å². The van der Waals surface area contributed by atoms with Gasteiger partial charge in [0, 0.05) is 13.5 Å². The number of benzene rings is 1. The van der Waals surface area contributed by atoms with Gasteiger partial charge >= 0.3 is 5.97 Å². The molecule has 0 aliphatic heterocycles. The molecule has 0 spiro atoms. The summed E-state index contributed by atoms with van der Waals surface area (Å²) in [6.45, 7) is 6.25. The minimum Gasteiger partial charge on any atom is -0.478 e. The average molecular weight is 275 g/mol. The lowest BCUT2D eigenvalue weighted by Gasteiger charge is -2.22. The number of rotatable bonds is 5. The highest BCUT2D eigenvalue weighted by Crippen LogP contribution is 2.17. The number of carboxylic acid groups (broad SMARTS) is 1. The highest BCUT2D eigenvalue weighted by Gasteiger charge is 2.25. The molecule has 6 heteroatoms. The Hall–Kier alpha value is -2.21. The van der Waals surface area contributed by atoms with E-state index in [0.717, 1.165) is 5.56 Å². The van der Waals surface area contributed by atoms with Crippen molar-refractivity contribution in [1.82, 2.24) is 15.5 Å². The summed E-state index contributed by atoms with van der Waals surface area (Å²) in [7, 11) is 0. The fourth-order valence-corrected chi connectivity index (χ4v) is 1.72. The number of nitrogens with zero attached hydrogens (tertiary/aromatic N) is 2. The molecular formula is C14H17N3O3. The lowest BCUT2D eigenvalue weighted by atomic mass is 10.0. The second-order valence-corrected chi connectivity index (χ2v) is 5.12. The van der Waals surface area contributed by atoms with E-state index >= 15 is 0 Å². The lowest BCUT2D eigenvalue weighted by molar-refractivity contribution is 0.0697. The molecule has 0 amide bonds. The monoisotopic (exact) mass is 275 g/mol. The lowest BCUT2D eigenvalue weighted by Crippen LogP contribution is -2.37. The predicted molar refractivity (Wildman–Crippen MR) is 72.3 cm³/mol. The Bertz CT molecular complexity index is 602. The molecule has 0 saturated heterocycles. The van der Waals surface area contributed by atoms with Gasteiger partial charge in [-0.25, -0.2) is 4.79 Å². The van der Waals surface area contributed by atoms with Crippen molar-refractivity contribution in [2.45, 2.75) is 32.9 Å². The molecule has 6 nitrogen and oxygen atoms in total. The van der Waals surface area contributed by atoms with Gasteiger partial charge in [-0.3, -0.25) is 0 Å². The van der Waals surface area contributed by atoms with E-state index < -0.39 is 11.5 Å². The first-order chi connectivity index (χ1) is 9.38. The van der Waals surface area contributed by atoms with Gasteiger partial charge in [-0.15, -0.1) is 0 Å². The van der Waals surface area contributed by atoms with Crippen molar-refractivity contribution in [2.75, 3.05) is 0 Å². The van der Waals surface area contributed by atoms with Crippen molar-refractivity contribution in [3.63, 3.8) is 0 Å². The number of aromatic nitrogens is 2. The summed E-state index contributed by atoms with van der Waals surface area (Å²) in [5, 5.41) is 16.1. The van der Waals surface area contributed by atoms with Crippen molar-refractivity contribution in [2.24, 2.45) is 0 Å². The van der Waals surface area contributed by atoms with Gasteiger partial charge in [0.25, 0.3) is 0 Å². The zero-order valence-electron chi connectivity index (χ0n) is 11.7. The summed E-state index contributed by atoms with van der Waals surface area (Å²) in [6, 6.07) is 6.75. The summed E-state index contributed by atoms with van der Waals surface area (Å²) in [5.41, 5.74) is 0.841. The minimum atomic E-state index is -0.924. The maximum atomic E-state index is 10.8. The molecule has 2 rings (SSSR count).